The van der Waals surface area contributed by atoms with Crippen molar-refractivity contribution in [3.05, 3.63) is 42.1 Å². The summed E-state index contributed by atoms with van der Waals surface area (Å²) in [5.41, 5.74) is 3.15. The zero-order valence-corrected chi connectivity index (χ0v) is 13.8. The van der Waals surface area contributed by atoms with Gasteiger partial charge in [-0.3, -0.25) is 5.01 Å². The highest BCUT2D eigenvalue weighted by Gasteiger charge is 2.43. The fourth-order valence-corrected chi connectivity index (χ4v) is 4.24. The van der Waals surface area contributed by atoms with E-state index in [1.54, 1.807) is 0 Å². The molecule has 3 unspecified atom stereocenters. The fourth-order valence-electron chi connectivity index (χ4n) is 4.24. The highest BCUT2D eigenvalue weighted by atomic mass is 16.1. The second-order valence-corrected chi connectivity index (χ2v) is 6.66. The molecule has 1 aliphatic heterocycles. The highest BCUT2D eigenvalue weighted by molar-refractivity contribution is 5.60. The Morgan fingerprint density at radius 2 is 2.22 bits per heavy atom. The molecule has 0 aromatic heterocycles. The molecule has 3 atom stereocenters. The van der Waals surface area contributed by atoms with Crippen LogP contribution in [-0.4, -0.2) is 36.5 Å². The fraction of sp³-hybridized carbons (Fsp3) is 0.474. The SMILES string of the molecule is C=NN(CC(=C)N1C(C=O)CC2CCCC21)c1ccccc1C. The zero-order valence-electron chi connectivity index (χ0n) is 13.8. The van der Waals surface area contributed by atoms with E-state index >= 15 is 0 Å². The molecule has 4 heteroatoms. The Bertz CT molecular complexity index is 612. The van der Waals surface area contributed by atoms with Crippen LogP contribution in [-0.2, 0) is 4.79 Å². The molecule has 1 saturated carbocycles. The molecule has 1 aromatic carbocycles. The number of carbonyl (C=O) groups is 1. The topological polar surface area (TPSA) is 35.9 Å². The van der Waals surface area contributed by atoms with E-state index in [0.717, 1.165) is 29.7 Å². The Morgan fingerprint density at radius 3 is 2.91 bits per heavy atom. The maximum Gasteiger partial charge on any atom is 0.142 e. The van der Waals surface area contributed by atoms with Crippen LogP contribution in [0.2, 0.25) is 0 Å². The Labute approximate surface area is 138 Å². The van der Waals surface area contributed by atoms with Crippen molar-refractivity contribution in [2.45, 2.75) is 44.7 Å². The van der Waals surface area contributed by atoms with Crippen molar-refractivity contribution in [1.29, 1.82) is 0 Å². The molecule has 122 valence electrons. The third kappa shape index (κ3) is 2.90. The third-order valence-corrected chi connectivity index (χ3v) is 5.30. The third-order valence-electron chi connectivity index (χ3n) is 5.30. The number of hydrogen-bond acceptors (Lipinski definition) is 4. The van der Waals surface area contributed by atoms with Crippen molar-refractivity contribution >= 4 is 18.7 Å². The molecule has 0 radical (unpaired) electrons. The van der Waals surface area contributed by atoms with Gasteiger partial charge in [-0.1, -0.05) is 31.2 Å². The number of fused-ring (bicyclic) bond motifs is 1. The zero-order chi connectivity index (χ0) is 16.4. The number of hydrazone groups is 1. The van der Waals surface area contributed by atoms with Gasteiger partial charge in [-0.2, -0.15) is 5.10 Å². The van der Waals surface area contributed by atoms with Crippen molar-refractivity contribution in [2.75, 3.05) is 11.6 Å². The van der Waals surface area contributed by atoms with Gasteiger partial charge in [-0.05, 0) is 43.7 Å². The Morgan fingerprint density at radius 1 is 1.43 bits per heavy atom. The molecule has 0 spiro atoms. The molecular weight excluding hydrogens is 286 g/mol. The number of nitrogens with zero attached hydrogens (tertiary/aromatic N) is 3. The molecule has 23 heavy (non-hydrogen) atoms. The van der Waals surface area contributed by atoms with Crippen LogP contribution in [0.5, 0.6) is 0 Å². The molecule has 4 nitrogen and oxygen atoms in total. The van der Waals surface area contributed by atoms with Crippen LogP contribution in [0.1, 0.15) is 31.2 Å². The lowest BCUT2D eigenvalue weighted by molar-refractivity contribution is -0.111. The second-order valence-electron chi connectivity index (χ2n) is 6.66. The number of carbonyl (C=O) groups excluding carboxylic acids is 1. The predicted octanol–water partition coefficient (Wildman–Crippen LogP) is 3.37. The average Bonchev–Trinajstić information content (AvgIpc) is 3.13. The molecular formula is C19H25N3O. The summed E-state index contributed by atoms with van der Waals surface area (Å²) >= 11 is 0. The molecule has 1 aromatic rings. The van der Waals surface area contributed by atoms with E-state index in [2.05, 4.69) is 36.3 Å². The molecule has 2 fully saturated rings. The molecule has 2 aliphatic rings. The van der Waals surface area contributed by atoms with Gasteiger partial charge in [0.1, 0.15) is 6.29 Å². The van der Waals surface area contributed by atoms with Gasteiger partial charge in [0.15, 0.2) is 0 Å². The van der Waals surface area contributed by atoms with E-state index in [0.29, 0.717) is 18.5 Å². The lowest BCUT2D eigenvalue weighted by Gasteiger charge is -2.33. The van der Waals surface area contributed by atoms with E-state index < -0.39 is 0 Å². The first-order valence-corrected chi connectivity index (χ1v) is 8.37. The van der Waals surface area contributed by atoms with Crippen LogP contribution < -0.4 is 5.01 Å². The van der Waals surface area contributed by atoms with Gasteiger partial charge in [0.25, 0.3) is 0 Å². The normalized spacial score (nSPS) is 26.0. The molecule has 1 heterocycles. The predicted molar refractivity (Wildman–Crippen MR) is 94.7 cm³/mol. The second kappa shape index (κ2) is 6.57. The van der Waals surface area contributed by atoms with Gasteiger partial charge in [0.05, 0.1) is 18.3 Å². The van der Waals surface area contributed by atoms with Gasteiger partial charge in [-0.25, -0.2) is 0 Å². The van der Waals surface area contributed by atoms with Gasteiger partial charge in [-0.15, -0.1) is 0 Å². The Balaban J connectivity index is 1.78. The summed E-state index contributed by atoms with van der Waals surface area (Å²) in [5, 5.41) is 6.05. The summed E-state index contributed by atoms with van der Waals surface area (Å²) < 4.78 is 0. The number of aldehydes is 1. The molecule has 0 bridgehead atoms. The van der Waals surface area contributed by atoms with Crippen LogP contribution >= 0.6 is 0 Å². The number of aryl methyl sites for hydroxylation is 1. The first-order valence-electron chi connectivity index (χ1n) is 8.37. The lowest BCUT2D eigenvalue weighted by atomic mass is 10.0. The summed E-state index contributed by atoms with van der Waals surface area (Å²) in [5.74, 6) is 0.644. The smallest absolute Gasteiger partial charge is 0.142 e. The summed E-state index contributed by atoms with van der Waals surface area (Å²) in [4.78, 5) is 13.8. The average molecular weight is 311 g/mol. The summed E-state index contributed by atoms with van der Waals surface area (Å²) in [6.45, 7) is 10.6. The number of para-hydroxylation sites is 1. The molecule has 3 rings (SSSR count). The summed E-state index contributed by atoms with van der Waals surface area (Å²) in [6.07, 6.45) is 5.72. The molecule has 0 N–H and O–H groups in total. The summed E-state index contributed by atoms with van der Waals surface area (Å²) in [6, 6.07) is 8.56. The van der Waals surface area contributed by atoms with Gasteiger partial charge >= 0.3 is 0 Å². The first kappa shape index (κ1) is 15.8. The largest absolute Gasteiger partial charge is 0.361 e. The number of anilines is 1. The van der Waals surface area contributed by atoms with E-state index in [4.69, 9.17) is 0 Å². The monoisotopic (exact) mass is 311 g/mol. The van der Waals surface area contributed by atoms with E-state index in [9.17, 15) is 4.79 Å². The van der Waals surface area contributed by atoms with Crippen molar-refractivity contribution in [2.24, 2.45) is 11.0 Å². The minimum atomic E-state index is -0.0265. The maximum atomic E-state index is 11.5. The van der Waals surface area contributed by atoms with Gasteiger partial charge in [0.2, 0.25) is 0 Å². The first-order chi connectivity index (χ1) is 11.2. The number of benzene rings is 1. The van der Waals surface area contributed by atoms with Crippen molar-refractivity contribution < 1.29 is 4.79 Å². The number of likely N-dealkylation sites (tertiary alicyclic amines) is 1. The number of hydrogen-bond donors (Lipinski definition) is 0. The minimum Gasteiger partial charge on any atom is -0.361 e. The highest BCUT2D eigenvalue weighted by Crippen LogP contribution is 2.42. The van der Waals surface area contributed by atoms with Crippen molar-refractivity contribution in [3.8, 4) is 0 Å². The molecule has 1 aliphatic carbocycles. The van der Waals surface area contributed by atoms with E-state index in [-0.39, 0.29) is 6.04 Å². The molecule has 1 saturated heterocycles. The quantitative estimate of drug-likeness (QED) is 0.459. The van der Waals surface area contributed by atoms with Crippen LogP contribution in [0.4, 0.5) is 5.69 Å². The standard InChI is InChI=1S/C19H25N3O/c1-14-7-4-5-9-18(14)21(20-3)12-15(2)22-17(13-23)11-16-8-6-10-19(16)22/h4-5,7,9,13,16-17,19H,2-3,6,8,10-12H2,1H3. The lowest BCUT2D eigenvalue weighted by Crippen LogP contribution is -2.39. The van der Waals surface area contributed by atoms with Gasteiger partial charge in [0, 0.05) is 18.5 Å². The number of rotatable bonds is 6. The van der Waals surface area contributed by atoms with Crippen LogP contribution in [0, 0.1) is 12.8 Å². The minimum absolute atomic E-state index is 0.0265. The Kier molecular flexibility index (Phi) is 4.51. The Hall–Kier alpha value is -2.10. The van der Waals surface area contributed by atoms with E-state index in [1.165, 1.54) is 19.3 Å². The van der Waals surface area contributed by atoms with Crippen LogP contribution in [0.3, 0.4) is 0 Å². The van der Waals surface area contributed by atoms with Crippen molar-refractivity contribution in [3.63, 3.8) is 0 Å². The summed E-state index contributed by atoms with van der Waals surface area (Å²) in [7, 11) is 0. The van der Waals surface area contributed by atoms with E-state index in [1.807, 2.05) is 23.2 Å². The molecule has 0 amide bonds. The van der Waals surface area contributed by atoms with Crippen molar-refractivity contribution in [1.82, 2.24) is 4.90 Å². The maximum absolute atomic E-state index is 11.5. The van der Waals surface area contributed by atoms with Gasteiger partial charge < -0.3 is 9.69 Å². The van der Waals surface area contributed by atoms with Crippen LogP contribution in [0.25, 0.3) is 0 Å². The van der Waals surface area contributed by atoms with Crippen LogP contribution in [0.15, 0.2) is 41.6 Å².